The molecule has 1 atom stereocenters. The number of sulfonamides is 1. The molecular weight excluding hydrogens is 450 g/mol. The number of nitrogens with zero attached hydrogens (tertiary/aromatic N) is 1. The van der Waals surface area contributed by atoms with Gasteiger partial charge in [0.25, 0.3) is 10.0 Å². The first-order valence-corrected chi connectivity index (χ1v) is 14.2. The maximum atomic E-state index is 13.8. The number of fused-ring (bicyclic) bond motifs is 1. The largest absolute Gasteiger partial charge is 0.488 e. The molecule has 2 heterocycles. The SMILES string of the molecule is CCc1ccc2c(c1)CCC(CC)N2S(=O)(=O)c1ccc(OC2CS(=O)(=O)C2)c(CO)c1. The number of benzene rings is 2. The second-order valence-electron chi connectivity index (χ2n) is 8.46. The third-order valence-electron chi connectivity index (χ3n) is 6.27. The Kier molecular flexibility index (Phi) is 6.26. The predicted octanol–water partition coefficient (Wildman–Crippen LogP) is 2.84. The first-order valence-electron chi connectivity index (χ1n) is 11.0. The van der Waals surface area contributed by atoms with Gasteiger partial charge in [0.1, 0.15) is 11.9 Å². The number of hydrogen-bond acceptors (Lipinski definition) is 6. The van der Waals surface area contributed by atoms with E-state index in [2.05, 4.69) is 13.0 Å². The van der Waals surface area contributed by atoms with Crippen LogP contribution in [0.1, 0.15) is 43.4 Å². The third kappa shape index (κ3) is 4.25. The van der Waals surface area contributed by atoms with E-state index >= 15 is 0 Å². The van der Waals surface area contributed by atoms with Gasteiger partial charge in [-0.25, -0.2) is 16.8 Å². The molecule has 32 heavy (non-hydrogen) atoms. The first kappa shape index (κ1) is 23.1. The van der Waals surface area contributed by atoms with Gasteiger partial charge in [-0.05, 0) is 61.1 Å². The lowest BCUT2D eigenvalue weighted by Gasteiger charge is -2.38. The minimum Gasteiger partial charge on any atom is -0.488 e. The Hall–Kier alpha value is -2.10. The summed E-state index contributed by atoms with van der Waals surface area (Å²) in [6.45, 7) is 3.65. The Balaban J connectivity index is 1.69. The number of aliphatic hydroxyl groups excluding tert-OH is 1. The van der Waals surface area contributed by atoms with Crippen LogP contribution in [-0.2, 0) is 39.3 Å². The Morgan fingerprint density at radius 2 is 1.88 bits per heavy atom. The van der Waals surface area contributed by atoms with Gasteiger partial charge < -0.3 is 9.84 Å². The number of hydrogen-bond donors (Lipinski definition) is 1. The van der Waals surface area contributed by atoms with Crippen molar-refractivity contribution in [2.75, 3.05) is 15.8 Å². The molecule has 0 aliphatic carbocycles. The fourth-order valence-electron chi connectivity index (χ4n) is 4.44. The molecule has 1 N–H and O–H groups in total. The minimum absolute atomic E-state index is 0.0690. The molecule has 2 aliphatic heterocycles. The minimum atomic E-state index is -3.87. The number of aliphatic hydroxyl groups is 1. The molecule has 0 saturated carbocycles. The summed E-state index contributed by atoms with van der Waals surface area (Å²) in [5, 5.41) is 9.83. The van der Waals surface area contributed by atoms with Crippen LogP contribution in [0.15, 0.2) is 41.3 Å². The summed E-state index contributed by atoms with van der Waals surface area (Å²) in [5.74, 6) is 0.172. The standard InChI is InChI=1S/C23H29NO6S2/c1-3-16-5-9-22-17(11-16)6-7-19(4-2)24(22)32(28,29)21-8-10-23(18(12-21)13-25)30-20-14-31(26,27)15-20/h5,8-12,19-20,25H,3-4,6-7,13-15H2,1-2H3. The molecule has 2 aliphatic rings. The molecule has 2 aromatic rings. The van der Waals surface area contributed by atoms with Gasteiger partial charge in [0.2, 0.25) is 0 Å². The Labute approximate surface area is 190 Å². The molecule has 1 unspecified atom stereocenters. The quantitative estimate of drug-likeness (QED) is 0.655. The fraction of sp³-hybridized carbons (Fsp3) is 0.478. The van der Waals surface area contributed by atoms with Gasteiger partial charge in [0.15, 0.2) is 9.84 Å². The zero-order valence-corrected chi connectivity index (χ0v) is 20.0. The maximum absolute atomic E-state index is 13.8. The van der Waals surface area contributed by atoms with Gasteiger partial charge in [-0.2, -0.15) is 0 Å². The van der Waals surface area contributed by atoms with Crippen molar-refractivity contribution in [3.63, 3.8) is 0 Å². The fourth-order valence-corrected chi connectivity index (χ4v) is 7.45. The molecule has 0 amide bonds. The summed E-state index contributed by atoms with van der Waals surface area (Å²) in [6.07, 6.45) is 2.70. The maximum Gasteiger partial charge on any atom is 0.264 e. The summed E-state index contributed by atoms with van der Waals surface area (Å²) in [7, 11) is -6.92. The van der Waals surface area contributed by atoms with E-state index in [0.29, 0.717) is 23.4 Å². The Bertz CT molecular complexity index is 1210. The molecule has 0 aromatic heterocycles. The highest BCUT2D eigenvalue weighted by Gasteiger charge is 2.37. The van der Waals surface area contributed by atoms with E-state index in [-0.39, 0.29) is 22.4 Å². The van der Waals surface area contributed by atoms with E-state index in [1.165, 1.54) is 28.1 Å². The van der Waals surface area contributed by atoms with E-state index in [0.717, 1.165) is 24.8 Å². The van der Waals surface area contributed by atoms with Crippen LogP contribution in [0.3, 0.4) is 0 Å². The summed E-state index contributed by atoms with van der Waals surface area (Å²) >= 11 is 0. The summed E-state index contributed by atoms with van der Waals surface area (Å²) in [4.78, 5) is 0.0843. The number of rotatable bonds is 7. The van der Waals surface area contributed by atoms with E-state index in [1.54, 1.807) is 0 Å². The van der Waals surface area contributed by atoms with E-state index < -0.39 is 32.6 Å². The highest BCUT2D eigenvalue weighted by atomic mass is 32.2. The van der Waals surface area contributed by atoms with Gasteiger partial charge in [-0.15, -0.1) is 0 Å². The van der Waals surface area contributed by atoms with Gasteiger partial charge in [0, 0.05) is 11.6 Å². The molecule has 7 nitrogen and oxygen atoms in total. The molecule has 0 radical (unpaired) electrons. The summed E-state index contributed by atoms with van der Waals surface area (Å²) in [6, 6.07) is 10.2. The average molecular weight is 480 g/mol. The van der Waals surface area contributed by atoms with Crippen molar-refractivity contribution in [2.24, 2.45) is 0 Å². The number of sulfone groups is 1. The van der Waals surface area contributed by atoms with Gasteiger partial charge in [-0.1, -0.05) is 26.0 Å². The number of anilines is 1. The summed E-state index contributed by atoms with van der Waals surface area (Å²) < 4.78 is 57.5. The topological polar surface area (TPSA) is 101 Å². The molecule has 1 saturated heterocycles. The van der Waals surface area contributed by atoms with Crippen molar-refractivity contribution in [3.05, 3.63) is 53.1 Å². The van der Waals surface area contributed by atoms with Crippen LogP contribution < -0.4 is 9.04 Å². The summed E-state index contributed by atoms with van der Waals surface area (Å²) in [5.41, 5.74) is 3.25. The van der Waals surface area contributed by atoms with Gasteiger partial charge in [-0.3, -0.25) is 4.31 Å². The van der Waals surface area contributed by atoms with Crippen LogP contribution in [0.4, 0.5) is 5.69 Å². The molecule has 0 bridgehead atoms. The van der Waals surface area contributed by atoms with Crippen LogP contribution in [0.5, 0.6) is 5.75 Å². The monoisotopic (exact) mass is 479 g/mol. The van der Waals surface area contributed by atoms with E-state index in [1.807, 2.05) is 19.1 Å². The van der Waals surface area contributed by atoms with Crippen LogP contribution in [0, 0.1) is 0 Å². The molecule has 1 fully saturated rings. The van der Waals surface area contributed by atoms with Crippen molar-refractivity contribution >= 4 is 25.5 Å². The molecular formula is C23H29NO6S2. The van der Waals surface area contributed by atoms with Crippen LogP contribution in [0.25, 0.3) is 0 Å². The first-order chi connectivity index (χ1) is 15.2. The van der Waals surface area contributed by atoms with Crippen molar-refractivity contribution in [1.82, 2.24) is 0 Å². The Morgan fingerprint density at radius 1 is 1.12 bits per heavy atom. The van der Waals surface area contributed by atoms with Crippen LogP contribution >= 0.6 is 0 Å². The third-order valence-corrected chi connectivity index (χ3v) is 9.89. The molecule has 4 rings (SSSR count). The normalized spacial score (nSPS) is 20.5. The van der Waals surface area contributed by atoms with Crippen LogP contribution in [0.2, 0.25) is 0 Å². The highest BCUT2D eigenvalue weighted by Crippen LogP contribution is 2.38. The van der Waals surface area contributed by atoms with E-state index in [4.69, 9.17) is 4.74 Å². The molecule has 2 aromatic carbocycles. The van der Waals surface area contributed by atoms with Gasteiger partial charge >= 0.3 is 0 Å². The second kappa shape index (κ2) is 8.68. The number of aryl methyl sites for hydroxylation is 2. The van der Waals surface area contributed by atoms with Crippen molar-refractivity contribution in [3.8, 4) is 5.75 Å². The van der Waals surface area contributed by atoms with Crippen molar-refractivity contribution in [2.45, 2.75) is 63.2 Å². The molecule has 9 heteroatoms. The smallest absolute Gasteiger partial charge is 0.264 e. The van der Waals surface area contributed by atoms with Crippen LogP contribution in [-0.4, -0.2) is 45.6 Å². The number of ether oxygens (including phenoxy) is 1. The highest BCUT2D eigenvalue weighted by molar-refractivity contribution is 7.93. The Morgan fingerprint density at radius 3 is 2.50 bits per heavy atom. The molecule has 0 spiro atoms. The van der Waals surface area contributed by atoms with Crippen molar-refractivity contribution < 1.29 is 26.7 Å². The van der Waals surface area contributed by atoms with E-state index in [9.17, 15) is 21.9 Å². The zero-order chi connectivity index (χ0) is 23.1. The predicted molar refractivity (Wildman–Crippen MR) is 123 cm³/mol. The second-order valence-corrected chi connectivity index (χ2v) is 12.4. The molecule has 174 valence electrons. The lowest BCUT2D eigenvalue weighted by atomic mass is 9.94. The zero-order valence-electron chi connectivity index (χ0n) is 18.3. The van der Waals surface area contributed by atoms with Crippen molar-refractivity contribution in [1.29, 1.82) is 0 Å². The lowest BCUT2D eigenvalue weighted by molar-refractivity contribution is 0.216. The van der Waals surface area contributed by atoms with Gasteiger partial charge in [0.05, 0.1) is 28.7 Å². The average Bonchev–Trinajstić information content (AvgIpc) is 2.76. The lowest BCUT2D eigenvalue weighted by Crippen LogP contribution is -2.45.